The summed E-state index contributed by atoms with van der Waals surface area (Å²) in [7, 11) is 0. The third kappa shape index (κ3) is 2.21. The molecule has 3 nitrogen and oxygen atoms in total. The summed E-state index contributed by atoms with van der Waals surface area (Å²) in [6.45, 7) is 6.08. The minimum atomic E-state index is -1.37. The lowest BCUT2D eigenvalue weighted by Gasteiger charge is -2.61. The van der Waals surface area contributed by atoms with Crippen LogP contribution in [0.3, 0.4) is 0 Å². The molecule has 0 bridgehead atoms. The van der Waals surface area contributed by atoms with E-state index in [2.05, 4.69) is 13.8 Å². The third-order valence-electron chi connectivity index (χ3n) is 9.35. The molecule has 4 heteroatoms. The van der Waals surface area contributed by atoms with Gasteiger partial charge in [-0.3, -0.25) is 4.79 Å². The number of hydrogen-bond acceptors (Lipinski definition) is 3. The van der Waals surface area contributed by atoms with E-state index in [0.29, 0.717) is 29.1 Å². The molecular formula is C21H33ClO3. The number of aliphatic hydroxyl groups is 2. The highest BCUT2D eigenvalue weighted by atomic mass is 35.5. The fourth-order valence-corrected chi connectivity index (χ4v) is 8.43. The Labute approximate surface area is 156 Å². The zero-order chi connectivity index (χ0) is 18.2. The zero-order valence-corrected chi connectivity index (χ0v) is 16.6. The van der Waals surface area contributed by atoms with E-state index in [0.717, 1.165) is 44.9 Å². The monoisotopic (exact) mass is 368 g/mol. The third-order valence-corrected chi connectivity index (χ3v) is 9.84. The molecule has 4 fully saturated rings. The number of carbonyl (C=O) groups is 1. The molecule has 0 saturated heterocycles. The predicted octanol–water partition coefficient (Wildman–Crippen LogP) is 3.93. The molecule has 0 radical (unpaired) electrons. The Balaban J connectivity index is 1.67. The maximum absolute atomic E-state index is 12.4. The van der Waals surface area contributed by atoms with Crippen LogP contribution < -0.4 is 0 Å². The summed E-state index contributed by atoms with van der Waals surface area (Å²) in [5.41, 5.74) is -1.45. The van der Waals surface area contributed by atoms with Crippen molar-refractivity contribution in [3.63, 3.8) is 0 Å². The first-order valence-corrected chi connectivity index (χ1v) is 10.6. The largest absolute Gasteiger partial charge is 0.393 e. The van der Waals surface area contributed by atoms with Crippen LogP contribution in [0.4, 0.5) is 0 Å². The molecule has 4 aliphatic rings. The van der Waals surface area contributed by atoms with Crippen molar-refractivity contribution in [2.24, 2.45) is 34.5 Å². The minimum Gasteiger partial charge on any atom is -0.393 e. The molecule has 25 heavy (non-hydrogen) atoms. The van der Waals surface area contributed by atoms with Gasteiger partial charge in [0.05, 0.1) is 11.5 Å². The number of alkyl halides is 1. The van der Waals surface area contributed by atoms with Crippen molar-refractivity contribution in [2.75, 3.05) is 0 Å². The smallest absolute Gasteiger partial charge is 0.163 e. The summed E-state index contributed by atoms with van der Waals surface area (Å²) in [4.78, 5) is 12.4. The molecule has 2 N–H and O–H groups in total. The lowest BCUT2D eigenvalue weighted by Crippen LogP contribution is -2.60. The zero-order valence-electron chi connectivity index (χ0n) is 15.8. The first kappa shape index (κ1) is 18.3. The van der Waals surface area contributed by atoms with Gasteiger partial charge in [0, 0.05) is 5.41 Å². The van der Waals surface area contributed by atoms with Gasteiger partial charge in [-0.2, -0.15) is 0 Å². The molecule has 9 atom stereocenters. The van der Waals surface area contributed by atoms with E-state index in [4.69, 9.17) is 11.6 Å². The summed E-state index contributed by atoms with van der Waals surface area (Å²) >= 11 is 6.60. The number of halogens is 1. The summed E-state index contributed by atoms with van der Waals surface area (Å²) in [5.74, 6) is 2.02. The van der Waals surface area contributed by atoms with Crippen molar-refractivity contribution in [1.82, 2.24) is 0 Å². The number of fused-ring (bicyclic) bond motifs is 5. The Morgan fingerprint density at radius 1 is 1.04 bits per heavy atom. The van der Waals surface area contributed by atoms with E-state index in [1.807, 2.05) is 0 Å². The van der Waals surface area contributed by atoms with Gasteiger partial charge in [0.2, 0.25) is 0 Å². The molecule has 0 aromatic heterocycles. The molecule has 0 aliphatic heterocycles. The molecule has 0 unspecified atom stereocenters. The molecule has 0 aromatic rings. The molecule has 0 amide bonds. The van der Waals surface area contributed by atoms with Gasteiger partial charge in [-0.25, -0.2) is 0 Å². The Hall–Kier alpha value is -0.120. The lowest BCUT2D eigenvalue weighted by atomic mass is 9.44. The molecule has 4 aliphatic carbocycles. The van der Waals surface area contributed by atoms with Gasteiger partial charge < -0.3 is 10.2 Å². The van der Waals surface area contributed by atoms with E-state index in [1.54, 1.807) is 0 Å². The van der Waals surface area contributed by atoms with E-state index >= 15 is 0 Å². The van der Waals surface area contributed by atoms with Crippen LogP contribution in [0.15, 0.2) is 0 Å². The number of Topliss-reactive ketones (excluding diaryl/α,β-unsaturated/α-hetero) is 1. The molecule has 4 saturated carbocycles. The first-order chi connectivity index (χ1) is 11.6. The number of rotatable bonds is 1. The van der Waals surface area contributed by atoms with E-state index in [-0.39, 0.29) is 17.3 Å². The van der Waals surface area contributed by atoms with Crippen molar-refractivity contribution in [1.29, 1.82) is 0 Å². The van der Waals surface area contributed by atoms with Gasteiger partial charge in [-0.05, 0) is 87.4 Å². The summed E-state index contributed by atoms with van der Waals surface area (Å²) < 4.78 is 0. The van der Waals surface area contributed by atoms with E-state index in [9.17, 15) is 15.0 Å². The van der Waals surface area contributed by atoms with Crippen LogP contribution in [-0.4, -0.2) is 33.1 Å². The van der Waals surface area contributed by atoms with Crippen LogP contribution >= 0.6 is 11.6 Å². The van der Waals surface area contributed by atoms with Gasteiger partial charge in [-0.15, -0.1) is 11.6 Å². The predicted molar refractivity (Wildman–Crippen MR) is 98.4 cm³/mol. The van der Waals surface area contributed by atoms with Crippen LogP contribution in [-0.2, 0) is 4.79 Å². The molecule has 142 valence electrons. The molecule has 4 rings (SSSR count). The summed E-state index contributed by atoms with van der Waals surface area (Å²) in [6, 6.07) is 0. The van der Waals surface area contributed by atoms with E-state index < -0.39 is 11.0 Å². The average molecular weight is 369 g/mol. The van der Waals surface area contributed by atoms with Gasteiger partial charge in [0.25, 0.3) is 0 Å². The number of carbonyl (C=O) groups excluding carboxylic acids is 1. The van der Waals surface area contributed by atoms with Crippen molar-refractivity contribution in [3.8, 4) is 0 Å². The van der Waals surface area contributed by atoms with Crippen LogP contribution in [0.2, 0.25) is 0 Å². The Morgan fingerprint density at radius 3 is 2.44 bits per heavy atom. The van der Waals surface area contributed by atoms with Gasteiger partial charge in [0.1, 0.15) is 5.60 Å². The maximum Gasteiger partial charge on any atom is 0.163 e. The van der Waals surface area contributed by atoms with Crippen LogP contribution in [0.25, 0.3) is 0 Å². The number of ketones is 1. The fourth-order valence-electron chi connectivity index (χ4n) is 7.84. The van der Waals surface area contributed by atoms with Gasteiger partial charge in [-0.1, -0.05) is 13.8 Å². The van der Waals surface area contributed by atoms with Crippen LogP contribution in [0.5, 0.6) is 0 Å². The van der Waals surface area contributed by atoms with Crippen LogP contribution in [0.1, 0.15) is 72.1 Å². The first-order valence-electron chi connectivity index (χ1n) is 10.2. The standard InChI is InChI=1S/C21H33ClO3/c1-12(23)21(25)18(22)11-17-15-5-4-13-10-14(24)6-8-19(13,2)16(15)7-9-20(17,21)3/h13-18,24-25H,4-11H2,1-3H3/t13-,14-,15+,16-,17-,18+,19-,20-,21-/m0/s1. The van der Waals surface area contributed by atoms with Crippen molar-refractivity contribution in [2.45, 2.75) is 89.2 Å². The Bertz CT molecular complexity index is 579. The normalized spacial score (nSPS) is 58.2. The SMILES string of the molecule is CC(=O)[C@]1(O)[C@H](Cl)C[C@H]2[C@@H]3CC[C@H]4C[C@@H](O)CC[C@]4(C)[C@H]3CC[C@@]21C. The van der Waals surface area contributed by atoms with E-state index in [1.165, 1.54) is 13.3 Å². The highest BCUT2D eigenvalue weighted by Gasteiger charge is 2.69. The van der Waals surface area contributed by atoms with Crippen molar-refractivity contribution < 1.29 is 15.0 Å². The Morgan fingerprint density at radius 2 is 1.76 bits per heavy atom. The molecule has 0 aromatic carbocycles. The number of hydrogen-bond donors (Lipinski definition) is 2. The highest BCUT2D eigenvalue weighted by Crippen LogP contribution is 2.68. The molecule has 0 heterocycles. The highest BCUT2D eigenvalue weighted by molar-refractivity contribution is 6.24. The second-order valence-electron chi connectivity index (χ2n) is 10.1. The second-order valence-corrected chi connectivity index (χ2v) is 10.6. The molecule has 0 spiro atoms. The minimum absolute atomic E-state index is 0.120. The van der Waals surface area contributed by atoms with Crippen molar-refractivity contribution >= 4 is 17.4 Å². The van der Waals surface area contributed by atoms with Gasteiger partial charge >= 0.3 is 0 Å². The number of aliphatic hydroxyl groups excluding tert-OH is 1. The summed E-state index contributed by atoms with van der Waals surface area (Å²) in [6.07, 6.45) is 7.95. The van der Waals surface area contributed by atoms with Crippen LogP contribution in [0, 0.1) is 34.5 Å². The lowest BCUT2D eigenvalue weighted by molar-refractivity contribution is -0.170. The average Bonchev–Trinajstić information content (AvgIpc) is 2.77. The maximum atomic E-state index is 12.4. The Kier molecular flexibility index (Phi) is 4.15. The molecular weight excluding hydrogens is 336 g/mol. The fraction of sp³-hybridized carbons (Fsp3) is 0.952. The summed E-state index contributed by atoms with van der Waals surface area (Å²) in [5, 5.41) is 21.0. The van der Waals surface area contributed by atoms with Gasteiger partial charge in [0.15, 0.2) is 5.78 Å². The topological polar surface area (TPSA) is 57.5 Å². The van der Waals surface area contributed by atoms with Crippen molar-refractivity contribution in [3.05, 3.63) is 0 Å². The second kappa shape index (κ2) is 5.69. The quantitative estimate of drug-likeness (QED) is 0.689.